The van der Waals surface area contributed by atoms with Crippen molar-refractivity contribution < 1.29 is 8.42 Å². The van der Waals surface area contributed by atoms with Crippen LogP contribution in [0.4, 0.5) is 0 Å². The van der Waals surface area contributed by atoms with E-state index in [0.29, 0.717) is 11.0 Å². The minimum absolute atomic E-state index is 0.0169. The van der Waals surface area contributed by atoms with Gasteiger partial charge in [0.25, 0.3) is 0 Å². The molecule has 3 rings (SSSR count). The maximum atomic E-state index is 12.8. The topological polar surface area (TPSA) is 83.7 Å². The Morgan fingerprint density at radius 2 is 1.62 bits per heavy atom. The lowest BCUT2D eigenvalue weighted by Crippen LogP contribution is -2.15. The van der Waals surface area contributed by atoms with E-state index in [1.807, 2.05) is 0 Å². The summed E-state index contributed by atoms with van der Waals surface area (Å²) >= 11 is 9.35. The largest absolute Gasteiger partial charge is 0.245 e. The number of aromatic nitrogens is 2. The summed E-state index contributed by atoms with van der Waals surface area (Å²) in [4.78, 5) is 8.41. The van der Waals surface area contributed by atoms with Crippen LogP contribution in [-0.4, -0.2) is 18.4 Å². The summed E-state index contributed by atoms with van der Waals surface area (Å²) in [5.74, 6) is 0. The van der Waals surface area contributed by atoms with Crippen molar-refractivity contribution in [2.45, 2.75) is 10.1 Å². The molecular formula is C16H9BrClN3O2S. The molecule has 0 saturated heterocycles. The van der Waals surface area contributed by atoms with Crippen LogP contribution in [0.5, 0.6) is 0 Å². The molecule has 0 spiro atoms. The van der Waals surface area contributed by atoms with Crippen LogP contribution in [0.1, 0.15) is 10.9 Å². The van der Waals surface area contributed by atoms with E-state index in [1.165, 1.54) is 12.1 Å². The summed E-state index contributed by atoms with van der Waals surface area (Å²) in [6, 6.07) is 14.7. The van der Waals surface area contributed by atoms with Gasteiger partial charge in [-0.3, -0.25) is 0 Å². The SMILES string of the molecule is N#C[C@H](c1nc2ccccc2nc1Cl)S(=O)(=O)c1ccc(Br)cc1. The zero-order chi connectivity index (χ0) is 17.3. The lowest BCUT2D eigenvalue weighted by Gasteiger charge is -2.12. The Hall–Kier alpha value is -2.01. The predicted octanol–water partition coefficient (Wildman–Crippen LogP) is 4.08. The van der Waals surface area contributed by atoms with Crippen LogP contribution < -0.4 is 0 Å². The van der Waals surface area contributed by atoms with Gasteiger partial charge in [0, 0.05) is 4.47 Å². The van der Waals surface area contributed by atoms with Crippen LogP contribution in [-0.2, 0) is 9.84 Å². The van der Waals surface area contributed by atoms with Crippen LogP contribution in [0.25, 0.3) is 11.0 Å². The van der Waals surface area contributed by atoms with Gasteiger partial charge in [-0.2, -0.15) is 5.26 Å². The van der Waals surface area contributed by atoms with Crippen molar-refractivity contribution in [1.82, 2.24) is 9.97 Å². The molecule has 0 aliphatic carbocycles. The number of sulfone groups is 1. The molecule has 0 fully saturated rings. The van der Waals surface area contributed by atoms with Gasteiger partial charge in [-0.15, -0.1) is 0 Å². The van der Waals surface area contributed by atoms with Crippen molar-refractivity contribution in [3.05, 3.63) is 63.9 Å². The fourth-order valence-corrected chi connectivity index (χ4v) is 4.15. The van der Waals surface area contributed by atoms with Crippen molar-refractivity contribution in [1.29, 1.82) is 5.26 Å². The van der Waals surface area contributed by atoms with Gasteiger partial charge in [0.2, 0.25) is 9.84 Å². The lowest BCUT2D eigenvalue weighted by atomic mass is 10.2. The second-order valence-electron chi connectivity index (χ2n) is 4.90. The Balaban J connectivity index is 2.17. The van der Waals surface area contributed by atoms with Gasteiger partial charge in [0.1, 0.15) is 5.69 Å². The van der Waals surface area contributed by atoms with Crippen LogP contribution in [0.2, 0.25) is 5.15 Å². The van der Waals surface area contributed by atoms with Crippen molar-refractivity contribution >= 4 is 48.4 Å². The Morgan fingerprint density at radius 3 is 2.21 bits per heavy atom. The minimum Gasteiger partial charge on any atom is -0.245 e. The second-order valence-corrected chi connectivity index (χ2v) is 8.20. The van der Waals surface area contributed by atoms with Gasteiger partial charge in [-0.25, -0.2) is 18.4 Å². The highest BCUT2D eigenvalue weighted by Gasteiger charge is 2.33. The first kappa shape index (κ1) is 16.8. The number of para-hydroxylation sites is 2. The number of halogens is 2. The summed E-state index contributed by atoms with van der Waals surface area (Å²) < 4.78 is 26.3. The molecule has 5 nitrogen and oxygen atoms in total. The smallest absolute Gasteiger partial charge is 0.200 e. The molecule has 0 unspecified atom stereocenters. The Kier molecular flexibility index (Phi) is 4.54. The number of hydrogen-bond acceptors (Lipinski definition) is 5. The summed E-state index contributed by atoms with van der Waals surface area (Å²) in [6.45, 7) is 0. The summed E-state index contributed by atoms with van der Waals surface area (Å²) in [5.41, 5.74) is 0.938. The van der Waals surface area contributed by atoms with E-state index < -0.39 is 15.1 Å². The first-order chi connectivity index (χ1) is 11.4. The fourth-order valence-electron chi connectivity index (χ4n) is 2.20. The Morgan fingerprint density at radius 1 is 1.04 bits per heavy atom. The molecule has 1 atom stereocenters. The standard InChI is InChI=1S/C16H9BrClN3O2S/c17-10-5-7-11(8-6-10)24(22,23)14(9-19)15-16(18)21-13-4-2-1-3-12(13)20-15/h1-8,14H/t14-/m1/s1. The molecule has 3 aromatic rings. The van der Waals surface area contributed by atoms with Crippen molar-refractivity contribution in [3.8, 4) is 6.07 Å². The normalized spacial score (nSPS) is 12.7. The molecule has 0 aliphatic rings. The molecule has 1 aromatic heterocycles. The number of nitrogens with zero attached hydrogens (tertiary/aromatic N) is 3. The molecular weight excluding hydrogens is 414 g/mol. The van der Waals surface area contributed by atoms with Crippen molar-refractivity contribution in [3.63, 3.8) is 0 Å². The van der Waals surface area contributed by atoms with Gasteiger partial charge >= 0.3 is 0 Å². The average molecular weight is 423 g/mol. The van der Waals surface area contributed by atoms with E-state index in [4.69, 9.17) is 11.6 Å². The number of hydrogen-bond donors (Lipinski definition) is 0. The molecule has 2 aromatic carbocycles. The van der Waals surface area contributed by atoms with E-state index in [1.54, 1.807) is 42.5 Å². The highest BCUT2D eigenvalue weighted by atomic mass is 79.9. The molecule has 0 radical (unpaired) electrons. The predicted molar refractivity (Wildman–Crippen MR) is 94.2 cm³/mol. The van der Waals surface area contributed by atoms with Crippen molar-refractivity contribution in [2.75, 3.05) is 0 Å². The highest BCUT2D eigenvalue weighted by molar-refractivity contribution is 9.10. The van der Waals surface area contributed by atoms with E-state index in [-0.39, 0.29) is 15.7 Å². The van der Waals surface area contributed by atoms with E-state index >= 15 is 0 Å². The molecule has 120 valence electrons. The van der Waals surface area contributed by atoms with Crippen LogP contribution in [0.3, 0.4) is 0 Å². The number of benzene rings is 2. The van der Waals surface area contributed by atoms with Gasteiger partial charge < -0.3 is 0 Å². The molecule has 0 saturated carbocycles. The number of nitriles is 1. The highest BCUT2D eigenvalue weighted by Crippen LogP contribution is 2.32. The van der Waals surface area contributed by atoms with E-state index in [9.17, 15) is 13.7 Å². The Labute approximate surface area is 152 Å². The molecule has 24 heavy (non-hydrogen) atoms. The average Bonchev–Trinajstić information content (AvgIpc) is 2.56. The molecule has 0 amide bonds. The van der Waals surface area contributed by atoms with Crippen LogP contribution in [0, 0.1) is 11.3 Å². The maximum absolute atomic E-state index is 12.8. The number of fused-ring (bicyclic) bond motifs is 1. The Bertz CT molecular complexity index is 1060. The first-order valence-corrected chi connectivity index (χ1v) is 9.46. The molecule has 1 heterocycles. The van der Waals surface area contributed by atoms with Gasteiger partial charge in [0.05, 0.1) is 22.0 Å². The third kappa shape index (κ3) is 3.00. The van der Waals surface area contributed by atoms with Gasteiger partial charge in [0.15, 0.2) is 10.4 Å². The van der Waals surface area contributed by atoms with Crippen molar-refractivity contribution in [2.24, 2.45) is 0 Å². The van der Waals surface area contributed by atoms with Crippen LogP contribution in [0.15, 0.2) is 57.9 Å². The van der Waals surface area contributed by atoms with Gasteiger partial charge in [-0.1, -0.05) is 39.7 Å². The third-order valence-electron chi connectivity index (χ3n) is 3.37. The second kappa shape index (κ2) is 6.48. The lowest BCUT2D eigenvalue weighted by molar-refractivity contribution is 0.590. The first-order valence-electron chi connectivity index (χ1n) is 6.75. The third-order valence-corrected chi connectivity index (χ3v) is 6.06. The minimum atomic E-state index is -3.98. The quantitative estimate of drug-likeness (QED) is 0.635. The monoisotopic (exact) mass is 421 g/mol. The van der Waals surface area contributed by atoms with E-state index in [2.05, 4.69) is 25.9 Å². The summed E-state index contributed by atoms with van der Waals surface area (Å²) in [6.07, 6.45) is 0. The summed E-state index contributed by atoms with van der Waals surface area (Å²) in [7, 11) is -3.98. The zero-order valence-corrected chi connectivity index (χ0v) is 15.2. The molecule has 0 N–H and O–H groups in total. The molecule has 8 heteroatoms. The molecule has 0 bridgehead atoms. The van der Waals surface area contributed by atoms with Crippen LogP contribution >= 0.6 is 27.5 Å². The molecule has 0 aliphatic heterocycles. The fraction of sp³-hybridized carbons (Fsp3) is 0.0625. The van der Waals surface area contributed by atoms with Gasteiger partial charge in [-0.05, 0) is 36.4 Å². The number of rotatable bonds is 3. The maximum Gasteiger partial charge on any atom is 0.200 e. The zero-order valence-electron chi connectivity index (χ0n) is 12.0. The van der Waals surface area contributed by atoms with E-state index in [0.717, 1.165) is 4.47 Å². The summed E-state index contributed by atoms with van der Waals surface area (Å²) in [5, 5.41) is 7.83.